The highest BCUT2D eigenvalue weighted by atomic mass is 16.6. The van der Waals surface area contributed by atoms with Crippen LogP contribution in [0.2, 0.25) is 0 Å². The fourth-order valence-electron chi connectivity index (χ4n) is 2.94. The van der Waals surface area contributed by atoms with Crippen molar-refractivity contribution in [2.24, 2.45) is 0 Å². The quantitative estimate of drug-likeness (QED) is 0.415. The van der Waals surface area contributed by atoms with Crippen LogP contribution in [0.1, 0.15) is 21.5 Å². The second-order valence-corrected chi connectivity index (χ2v) is 6.69. The maximum absolute atomic E-state index is 12.8. The number of non-ortho nitro benzene ring substituents is 1. The molecular formula is C23H22N2O6. The van der Waals surface area contributed by atoms with E-state index in [-0.39, 0.29) is 11.3 Å². The Labute approximate surface area is 179 Å². The molecule has 0 radical (unpaired) electrons. The minimum absolute atomic E-state index is 0.110. The fraction of sp³-hybridized carbons (Fsp3) is 0.174. The molecule has 1 N–H and O–H groups in total. The molecule has 31 heavy (non-hydrogen) atoms. The van der Waals surface area contributed by atoms with Gasteiger partial charge < -0.3 is 19.5 Å². The van der Waals surface area contributed by atoms with Crippen LogP contribution in [0.15, 0.2) is 60.7 Å². The normalized spacial score (nSPS) is 10.3. The summed E-state index contributed by atoms with van der Waals surface area (Å²) in [5, 5.41) is 13.7. The van der Waals surface area contributed by atoms with Gasteiger partial charge in [0.2, 0.25) is 5.75 Å². The van der Waals surface area contributed by atoms with Crippen LogP contribution in [-0.4, -0.2) is 25.1 Å². The molecule has 3 aromatic carbocycles. The lowest BCUT2D eigenvalue weighted by Gasteiger charge is -2.16. The van der Waals surface area contributed by atoms with Gasteiger partial charge >= 0.3 is 0 Å². The number of aryl methyl sites for hydroxylation is 1. The molecule has 0 fully saturated rings. The first-order valence-electron chi connectivity index (χ1n) is 9.42. The summed E-state index contributed by atoms with van der Waals surface area (Å²) in [6.45, 7) is 2.05. The third-order valence-electron chi connectivity index (χ3n) is 4.63. The molecule has 3 aromatic rings. The average molecular weight is 422 g/mol. The van der Waals surface area contributed by atoms with Gasteiger partial charge in [-0.2, -0.15) is 0 Å². The standard InChI is InChI=1S/C23H22N2O6/c1-15-9-10-18(25(27)28)13-19(15)24-23(26)17-11-20(29-2)22(21(12-17)30-3)31-14-16-7-5-4-6-8-16/h4-13H,14H2,1-3H3,(H,24,26). The third kappa shape index (κ3) is 5.11. The lowest BCUT2D eigenvalue weighted by atomic mass is 10.1. The molecule has 0 unspecified atom stereocenters. The number of anilines is 1. The van der Waals surface area contributed by atoms with Crippen LogP contribution in [-0.2, 0) is 6.61 Å². The van der Waals surface area contributed by atoms with Crippen LogP contribution in [0.3, 0.4) is 0 Å². The van der Waals surface area contributed by atoms with Crippen molar-refractivity contribution in [1.29, 1.82) is 0 Å². The summed E-state index contributed by atoms with van der Waals surface area (Å²) in [6.07, 6.45) is 0. The number of hydrogen-bond donors (Lipinski definition) is 1. The minimum atomic E-state index is -0.514. The van der Waals surface area contributed by atoms with Crippen LogP contribution < -0.4 is 19.5 Å². The van der Waals surface area contributed by atoms with Gasteiger partial charge in [0.25, 0.3) is 11.6 Å². The van der Waals surface area contributed by atoms with Crippen molar-refractivity contribution < 1.29 is 23.9 Å². The number of carbonyl (C=O) groups excluding carboxylic acids is 1. The number of nitrogens with one attached hydrogen (secondary N) is 1. The largest absolute Gasteiger partial charge is 0.493 e. The van der Waals surface area contributed by atoms with Crippen LogP contribution in [0.5, 0.6) is 17.2 Å². The number of amides is 1. The van der Waals surface area contributed by atoms with Crippen LogP contribution >= 0.6 is 0 Å². The van der Waals surface area contributed by atoms with Crippen molar-refractivity contribution in [3.05, 3.63) is 87.5 Å². The zero-order chi connectivity index (χ0) is 22.4. The Kier molecular flexibility index (Phi) is 6.71. The van der Waals surface area contributed by atoms with Gasteiger partial charge in [-0.15, -0.1) is 0 Å². The highest BCUT2D eigenvalue weighted by Crippen LogP contribution is 2.39. The molecule has 1 amide bonds. The Balaban J connectivity index is 1.87. The lowest BCUT2D eigenvalue weighted by molar-refractivity contribution is -0.384. The molecule has 0 heterocycles. The van der Waals surface area contributed by atoms with Crippen LogP contribution in [0, 0.1) is 17.0 Å². The number of nitrogens with zero attached hydrogens (tertiary/aromatic N) is 1. The Bertz CT molecular complexity index is 1070. The van der Waals surface area contributed by atoms with Gasteiger partial charge in [0.1, 0.15) is 6.61 Å². The molecule has 8 heteroatoms. The van der Waals surface area contributed by atoms with Crippen molar-refractivity contribution in [3.63, 3.8) is 0 Å². The Morgan fingerprint density at radius 2 is 1.65 bits per heavy atom. The topological polar surface area (TPSA) is 99.9 Å². The van der Waals surface area contributed by atoms with E-state index in [1.165, 1.54) is 38.5 Å². The highest BCUT2D eigenvalue weighted by Gasteiger charge is 2.19. The minimum Gasteiger partial charge on any atom is -0.493 e. The van der Waals surface area contributed by atoms with E-state index in [2.05, 4.69) is 5.32 Å². The maximum Gasteiger partial charge on any atom is 0.271 e. The first kappa shape index (κ1) is 21.6. The molecule has 0 aromatic heterocycles. The summed E-state index contributed by atoms with van der Waals surface area (Å²) < 4.78 is 16.7. The van der Waals surface area contributed by atoms with E-state index in [9.17, 15) is 14.9 Å². The summed E-state index contributed by atoms with van der Waals surface area (Å²) in [5.74, 6) is 0.569. The number of ether oxygens (including phenoxy) is 3. The molecule has 160 valence electrons. The zero-order valence-electron chi connectivity index (χ0n) is 17.4. The molecule has 3 rings (SSSR count). The maximum atomic E-state index is 12.8. The summed E-state index contributed by atoms with van der Waals surface area (Å²) in [4.78, 5) is 23.4. The molecule has 0 atom stereocenters. The van der Waals surface area contributed by atoms with E-state index < -0.39 is 10.8 Å². The van der Waals surface area contributed by atoms with E-state index in [1.807, 2.05) is 30.3 Å². The van der Waals surface area contributed by atoms with E-state index in [4.69, 9.17) is 14.2 Å². The van der Waals surface area contributed by atoms with E-state index >= 15 is 0 Å². The van der Waals surface area contributed by atoms with Crippen molar-refractivity contribution in [2.45, 2.75) is 13.5 Å². The predicted molar refractivity (Wildman–Crippen MR) is 116 cm³/mol. The van der Waals surface area contributed by atoms with E-state index in [1.54, 1.807) is 13.0 Å². The van der Waals surface area contributed by atoms with Gasteiger partial charge in [-0.25, -0.2) is 0 Å². The Morgan fingerprint density at radius 1 is 1.00 bits per heavy atom. The highest BCUT2D eigenvalue weighted by molar-refractivity contribution is 6.05. The fourth-order valence-corrected chi connectivity index (χ4v) is 2.94. The Hall–Kier alpha value is -4.07. The summed E-state index contributed by atoms with van der Waals surface area (Å²) >= 11 is 0. The number of methoxy groups -OCH3 is 2. The summed E-state index contributed by atoms with van der Waals surface area (Å²) in [7, 11) is 2.94. The van der Waals surface area contributed by atoms with E-state index in [0.717, 1.165) is 5.56 Å². The summed E-state index contributed by atoms with van der Waals surface area (Å²) in [6, 6.07) is 17.0. The molecular weight excluding hydrogens is 400 g/mol. The molecule has 0 saturated carbocycles. The second-order valence-electron chi connectivity index (χ2n) is 6.69. The molecule has 0 aliphatic rings. The van der Waals surface area contributed by atoms with Crippen LogP contribution in [0.4, 0.5) is 11.4 Å². The van der Waals surface area contributed by atoms with Crippen molar-refractivity contribution in [3.8, 4) is 17.2 Å². The van der Waals surface area contributed by atoms with Gasteiger partial charge in [0.05, 0.1) is 24.8 Å². The predicted octanol–water partition coefficient (Wildman–Crippen LogP) is 4.75. The number of nitro benzene ring substituents is 1. The lowest BCUT2D eigenvalue weighted by Crippen LogP contribution is -2.14. The molecule has 0 bridgehead atoms. The first-order chi connectivity index (χ1) is 14.9. The number of rotatable bonds is 8. The van der Waals surface area contributed by atoms with Crippen molar-refractivity contribution in [1.82, 2.24) is 0 Å². The monoisotopic (exact) mass is 422 g/mol. The number of benzene rings is 3. The van der Waals surface area contributed by atoms with Crippen molar-refractivity contribution in [2.75, 3.05) is 19.5 Å². The van der Waals surface area contributed by atoms with Crippen LogP contribution in [0.25, 0.3) is 0 Å². The molecule has 0 spiro atoms. The SMILES string of the molecule is COc1cc(C(=O)Nc2cc([N+](=O)[O-])ccc2C)cc(OC)c1OCc1ccccc1. The molecule has 0 saturated heterocycles. The van der Waals surface area contributed by atoms with Gasteiger partial charge in [-0.3, -0.25) is 14.9 Å². The number of hydrogen-bond acceptors (Lipinski definition) is 6. The third-order valence-corrected chi connectivity index (χ3v) is 4.63. The molecule has 8 nitrogen and oxygen atoms in total. The second kappa shape index (κ2) is 9.62. The van der Waals surface area contributed by atoms with Crippen molar-refractivity contribution >= 4 is 17.3 Å². The van der Waals surface area contributed by atoms with Gasteiger partial charge in [0.15, 0.2) is 11.5 Å². The Morgan fingerprint density at radius 3 is 2.23 bits per heavy atom. The van der Waals surface area contributed by atoms with E-state index in [0.29, 0.717) is 35.1 Å². The molecule has 0 aliphatic carbocycles. The average Bonchev–Trinajstić information content (AvgIpc) is 2.78. The smallest absolute Gasteiger partial charge is 0.271 e. The number of nitro groups is 1. The first-order valence-corrected chi connectivity index (χ1v) is 9.42. The molecule has 0 aliphatic heterocycles. The zero-order valence-corrected chi connectivity index (χ0v) is 17.4. The number of carbonyl (C=O) groups is 1. The van der Waals surface area contributed by atoms with Gasteiger partial charge in [-0.1, -0.05) is 36.4 Å². The van der Waals surface area contributed by atoms with Gasteiger partial charge in [-0.05, 0) is 30.2 Å². The van der Waals surface area contributed by atoms with Gasteiger partial charge in [0, 0.05) is 17.7 Å². The summed E-state index contributed by atoms with van der Waals surface area (Å²) in [5.41, 5.74) is 2.16.